The molecule has 0 aliphatic carbocycles. The molecule has 2 heterocycles. The average Bonchev–Trinajstić information content (AvgIpc) is 3.24. The highest BCUT2D eigenvalue weighted by Crippen LogP contribution is 2.26. The van der Waals surface area contributed by atoms with Crippen LogP contribution in [0.5, 0.6) is 11.5 Å². The summed E-state index contributed by atoms with van der Waals surface area (Å²) in [5.74, 6) is 1.78. The zero-order valence-electron chi connectivity index (χ0n) is 18.1. The molecule has 1 N–H and O–H groups in total. The van der Waals surface area contributed by atoms with Gasteiger partial charge in [0.1, 0.15) is 17.8 Å². The van der Waals surface area contributed by atoms with Crippen molar-refractivity contribution >= 4 is 17.4 Å². The number of amides is 1. The van der Waals surface area contributed by atoms with Crippen LogP contribution in [0.3, 0.4) is 0 Å². The number of benzene rings is 2. The van der Waals surface area contributed by atoms with Gasteiger partial charge in [-0.3, -0.25) is 4.79 Å². The van der Waals surface area contributed by atoms with Gasteiger partial charge in [-0.15, -0.1) is 0 Å². The first-order valence-electron chi connectivity index (χ1n) is 10.2. The zero-order valence-corrected chi connectivity index (χ0v) is 18.1. The van der Waals surface area contributed by atoms with Crippen LogP contribution in [0.1, 0.15) is 34.5 Å². The van der Waals surface area contributed by atoms with Crippen LogP contribution >= 0.6 is 0 Å². The molecule has 0 aliphatic heterocycles. The van der Waals surface area contributed by atoms with Crippen molar-refractivity contribution < 1.29 is 9.53 Å². The highest BCUT2D eigenvalue weighted by molar-refractivity contribution is 5.91. The Balaban J connectivity index is 1.39. The average molecular weight is 426 g/mol. The third-order valence-corrected chi connectivity index (χ3v) is 5.28. The Kier molecular flexibility index (Phi) is 5.81. The van der Waals surface area contributed by atoms with Gasteiger partial charge in [0.25, 0.3) is 5.78 Å². The smallest absolute Gasteiger partial charge is 0.252 e. The molecule has 0 saturated heterocycles. The third-order valence-electron chi connectivity index (χ3n) is 5.28. The summed E-state index contributed by atoms with van der Waals surface area (Å²) in [5, 5.41) is 16.0. The van der Waals surface area contributed by atoms with E-state index in [4.69, 9.17) is 10.00 Å². The zero-order chi connectivity index (χ0) is 22.7. The van der Waals surface area contributed by atoms with Gasteiger partial charge in [0, 0.05) is 23.5 Å². The van der Waals surface area contributed by atoms with Gasteiger partial charge in [0.2, 0.25) is 5.91 Å². The van der Waals surface area contributed by atoms with E-state index in [2.05, 4.69) is 26.5 Å². The minimum atomic E-state index is -0.0775. The quantitative estimate of drug-likeness (QED) is 0.493. The Bertz CT molecular complexity index is 1340. The van der Waals surface area contributed by atoms with Crippen LogP contribution in [0, 0.1) is 32.1 Å². The molecule has 0 unspecified atom stereocenters. The normalized spacial score (nSPS) is 10.7. The van der Waals surface area contributed by atoms with E-state index in [0.29, 0.717) is 35.7 Å². The molecular formula is C24H22N6O2. The fraction of sp³-hybridized carbons (Fsp3) is 0.208. The van der Waals surface area contributed by atoms with Gasteiger partial charge in [-0.25, -0.2) is 9.50 Å². The van der Waals surface area contributed by atoms with Gasteiger partial charge in [-0.05, 0) is 80.8 Å². The van der Waals surface area contributed by atoms with E-state index in [1.54, 1.807) is 34.8 Å². The Labute approximate surface area is 185 Å². The molecule has 2 aromatic heterocycles. The van der Waals surface area contributed by atoms with Gasteiger partial charge in [-0.2, -0.15) is 15.3 Å². The van der Waals surface area contributed by atoms with Crippen LogP contribution in [0.4, 0.5) is 5.69 Å². The fourth-order valence-corrected chi connectivity index (χ4v) is 3.54. The van der Waals surface area contributed by atoms with Crippen molar-refractivity contribution in [1.82, 2.24) is 19.6 Å². The molecule has 2 aromatic carbocycles. The third kappa shape index (κ3) is 4.42. The number of carbonyl (C=O) groups is 1. The summed E-state index contributed by atoms with van der Waals surface area (Å²) in [7, 11) is 0. The van der Waals surface area contributed by atoms with Gasteiger partial charge in [-0.1, -0.05) is 0 Å². The van der Waals surface area contributed by atoms with Crippen LogP contribution in [-0.2, 0) is 11.2 Å². The molecule has 0 spiro atoms. The molecule has 0 saturated carbocycles. The van der Waals surface area contributed by atoms with E-state index in [9.17, 15) is 4.79 Å². The first-order valence-corrected chi connectivity index (χ1v) is 10.2. The second-order valence-corrected chi connectivity index (χ2v) is 7.50. The lowest BCUT2D eigenvalue weighted by Crippen LogP contribution is -2.15. The lowest BCUT2D eigenvalue weighted by Gasteiger charge is -2.13. The summed E-state index contributed by atoms with van der Waals surface area (Å²) < 4.78 is 7.53. The maximum Gasteiger partial charge on any atom is 0.252 e. The predicted octanol–water partition coefficient (Wildman–Crippen LogP) is 4.28. The number of aryl methyl sites for hydroxylation is 3. The predicted molar refractivity (Wildman–Crippen MR) is 120 cm³/mol. The van der Waals surface area contributed by atoms with Gasteiger partial charge < -0.3 is 10.1 Å². The number of fused-ring (bicyclic) bond motifs is 1. The van der Waals surface area contributed by atoms with E-state index in [-0.39, 0.29) is 5.91 Å². The minimum Gasteiger partial charge on any atom is -0.457 e. The van der Waals surface area contributed by atoms with Crippen molar-refractivity contribution in [3.8, 4) is 17.6 Å². The Hall–Kier alpha value is -4.25. The van der Waals surface area contributed by atoms with Crippen molar-refractivity contribution in [1.29, 1.82) is 5.26 Å². The maximum atomic E-state index is 12.6. The van der Waals surface area contributed by atoms with Gasteiger partial charge in [0.05, 0.1) is 11.6 Å². The second-order valence-electron chi connectivity index (χ2n) is 7.50. The highest BCUT2D eigenvalue weighted by Gasteiger charge is 2.13. The lowest BCUT2D eigenvalue weighted by atomic mass is 10.1. The molecule has 0 aliphatic rings. The van der Waals surface area contributed by atoms with E-state index in [0.717, 1.165) is 28.2 Å². The molecule has 0 bridgehead atoms. The van der Waals surface area contributed by atoms with Crippen LogP contribution < -0.4 is 10.1 Å². The number of carbonyl (C=O) groups excluding carboxylic acids is 1. The number of ether oxygens (including phenoxy) is 1. The molecule has 4 rings (SSSR count). The largest absolute Gasteiger partial charge is 0.457 e. The van der Waals surface area contributed by atoms with E-state index in [1.807, 2.05) is 32.9 Å². The number of rotatable bonds is 6. The molecule has 32 heavy (non-hydrogen) atoms. The summed E-state index contributed by atoms with van der Waals surface area (Å²) in [6.07, 6.45) is 2.36. The number of anilines is 1. The molecular weight excluding hydrogens is 404 g/mol. The molecule has 8 nitrogen and oxygen atoms in total. The van der Waals surface area contributed by atoms with Gasteiger partial charge >= 0.3 is 0 Å². The first kappa shape index (κ1) is 21.0. The van der Waals surface area contributed by atoms with E-state index < -0.39 is 0 Å². The number of hydrogen-bond donors (Lipinski definition) is 1. The number of aromatic nitrogens is 4. The number of nitriles is 1. The highest BCUT2D eigenvalue weighted by atomic mass is 16.5. The molecule has 0 fully saturated rings. The topological polar surface area (TPSA) is 105 Å². The summed E-state index contributed by atoms with van der Waals surface area (Å²) in [5.41, 5.74) is 5.01. The Morgan fingerprint density at radius 1 is 1.12 bits per heavy atom. The summed E-state index contributed by atoms with van der Waals surface area (Å²) in [4.78, 5) is 21.2. The molecule has 0 atom stereocenters. The standard InChI is InChI=1S/C24H22N6O2/c1-15-12-20(32-19-6-4-18(13-25)5-7-19)8-10-22(15)29-23(31)11-9-21-16(2)28-24-26-14-27-30(24)17(21)3/h4-8,10,12,14H,9,11H2,1-3H3,(H,29,31). The Morgan fingerprint density at radius 3 is 2.59 bits per heavy atom. The van der Waals surface area contributed by atoms with Crippen LogP contribution in [0.15, 0.2) is 48.8 Å². The van der Waals surface area contributed by atoms with Crippen LogP contribution in [0.25, 0.3) is 5.78 Å². The maximum absolute atomic E-state index is 12.6. The molecule has 0 radical (unpaired) electrons. The summed E-state index contributed by atoms with van der Waals surface area (Å²) in [6, 6.07) is 14.5. The first-order chi connectivity index (χ1) is 15.4. The van der Waals surface area contributed by atoms with Gasteiger partial charge in [0.15, 0.2) is 0 Å². The SMILES string of the molecule is Cc1cc(Oc2ccc(C#N)cc2)ccc1NC(=O)CCc1c(C)nc2ncnn2c1C. The Morgan fingerprint density at radius 2 is 1.88 bits per heavy atom. The van der Waals surface area contributed by atoms with Crippen molar-refractivity contribution in [2.24, 2.45) is 0 Å². The van der Waals surface area contributed by atoms with Crippen LogP contribution in [-0.4, -0.2) is 25.5 Å². The summed E-state index contributed by atoms with van der Waals surface area (Å²) >= 11 is 0. The van der Waals surface area contributed by atoms with E-state index in [1.165, 1.54) is 6.33 Å². The molecule has 4 aromatic rings. The van der Waals surface area contributed by atoms with Crippen LogP contribution in [0.2, 0.25) is 0 Å². The number of hydrogen-bond acceptors (Lipinski definition) is 6. The number of nitrogens with zero attached hydrogens (tertiary/aromatic N) is 5. The number of nitrogens with one attached hydrogen (secondary N) is 1. The lowest BCUT2D eigenvalue weighted by molar-refractivity contribution is -0.116. The monoisotopic (exact) mass is 426 g/mol. The minimum absolute atomic E-state index is 0.0775. The van der Waals surface area contributed by atoms with Crippen molar-refractivity contribution in [2.75, 3.05) is 5.32 Å². The van der Waals surface area contributed by atoms with E-state index >= 15 is 0 Å². The van der Waals surface area contributed by atoms with Crippen molar-refractivity contribution in [3.63, 3.8) is 0 Å². The fourth-order valence-electron chi connectivity index (χ4n) is 3.54. The second kappa shape index (κ2) is 8.86. The molecule has 8 heteroatoms. The van der Waals surface area contributed by atoms with Crippen molar-refractivity contribution in [3.05, 3.63) is 76.9 Å². The molecule has 1 amide bonds. The molecule has 160 valence electrons. The summed E-state index contributed by atoms with van der Waals surface area (Å²) in [6.45, 7) is 5.80. The van der Waals surface area contributed by atoms with Crippen molar-refractivity contribution in [2.45, 2.75) is 33.6 Å².